The van der Waals surface area contributed by atoms with E-state index in [9.17, 15) is 4.79 Å². The zero-order chi connectivity index (χ0) is 22.7. The fourth-order valence-electron chi connectivity index (χ4n) is 4.06. The maximum atomic E-state index is 12.8. The van der Waals surface area contributed by atoms with Gasteiger partial charge in [0.15, 0.2) is 16.7 Å². The van der Waals surface area contributed by atoms with Gasteiger partial charge in [0.1, 0.15) is 0 Å². The van der Waals surface area contributed by atoms with Crippen LogP contribution < -0.4 is 9.47 Å². The summed E-state index contributed by atoms with van der Waals surface area (Å²) in [6.07, 6.45) is 0. The Morgan fingerprint density at radius 2 is 1.75 bits per heavy atom. The summed E-state index contributed by atoms with van der Waals surface area (Å²) in [6.45, 7) is 6.13. The van der Waals surface area contributed by atoms with E-state index in [-0.39, 0.29) is 5.91 Å². The van der Waals surface area contributed by atoms with Crippen molar-refractivity contribution < 1.29 is 14.3 Å². The number of aryl methyl sites for hydroxylation is 2. The van der Waals surface area contributed by atoms with Crippen molar-refractivity contribution in [2.45, 2.75) is 18.6 Å². The van der Waals surface area contributed by atoms with Crippen molar-refractivity contribution in [2.75, 3.05) is 46.2 Å². The van der Waals surface area contributed by atoms with Crippen molar-refractivity contribution >= 4 is 28.7 Å². The third-order valence-corrected chi connectivity index (χ3v) is 7.05. The first-order valence-electron chi connectivity index (χ1n) is 10.8. The summed E-state index contributed by atoms with van der Waals surface area (Å²) in [5.41, 5.74) is 4.45. The Balaban J connectivity index is 1.30. The van der Waals surface area contributed by atoms with Crippen LogP contribution in [0, 0.1) is 6.92 Å². The van der Waals surface area contributed by atoms with E-state index in [1.165, 1.54) is 22.9 Å². The number of methoxy groups -OCH3 is 2. The van der Waals surface area contributed by atoms with Crippen LogP contribution in [-0.4, -0.2) is 71.4 Å². The number of benzene rings is 2. The molecule has 0 aliphatic carbocycles. The molecule has 0 unspecified atom stereocenters. The highest BCUT2D eigenvalue weighted by molar-refractivity contribution is 7.99. The van der Waals surface area contributed by atoms with Crippen molar-refractivity contribution in [1.29, 1.82) is 0 Å². The van der Waals surface area contributed by atoms with Crippen LogP contribution in [0.5, 0.6) is 11.5 Å². The van der Waals surface area contributed by atoms with Crippen molar-refractivity contribution in [2.24, 2.45) is 7.05 Å². The summed E-state index contributed by atoms with van der Waals surface area (Å²) in [5, 5.41) is 0.877. The number of ether oxygens (including phenoxy) is 2. The standard InChI is InChI=1S/C24H30N4O3S/c1-17-13-21(30-3)22(31-4)14-18(17)15-27-9-11-28(12-10-27)23(29)16-32-24-25-19-7-5-6-8-20(19)26(24)2/h5-8,13-14H,9-12,15-16H2,1-4H3. The van der Waals surface area contributed by atoms with Crippen molar-refractivity contribution in [3.8, 4) is 11.5 Å². The first kappa shape index (κ1) is 22.5. The summed E-state index contributed by atoms with van der Waals surface area (Å²) in [6, 6.07) is 12.1. The minimum absolute atomic E-state index is 0.170. The highest BCUT2D eigenvalue weighted by Gasteiger charge is 2.22. The Hall–Kier alpha value is -2.71. The van der Waals surface area contributed by atoms with Gasteiger partial charge in [-0.2, -0.15) is 0 Å². The van der Waals surface area contributed by atoms with Crippen molar-refractivity contribution in [3.05, 3.63) is 47.5 Å². The average Bonchev–Trinajstić information content (AvgIpc) is 3.14. The molecule has 0 radical (unpaired) electrons. The molecule has 4 rings (SSSR count). The largest absolute Gasteiger partial charge is 0.493 e. The molecule has 0 atom stereocenters. The number of thioether (sulfide) groups is 1. The van der Waals surface area contributed by atoms with Gasteiger partial charge in [-0.1, -0.05) is 23.9 Å². The van der Waals surface area contributed by atoms with Gasteiger partial charge >= 0.3 is 0 Å². The second kappa shape index (κ2) is 9.83. The molecule has 1 aliphatic rings. The lowest BCUT2D eigenvalue weighted by molar-refractivity contribution is -0.130. The molecule has 32 heavy (non-hydrogen) atoms. The van der Waals surface area contributed by atoms with E-state index in [2.05, 4.69) is 27.4 Å². The molecule has 8 heteroatoms. The number of rotatable bonds is 7. The topological polar surface area (TPSA) is 59.8 Å². The number of amides is 1. The minimum atomic E-state index is 0.170. The highest BCUT2D eigenvalue weighted by Crippen LogP contribution is 2.31. The summed E-state index contributed by atoms with van der Waals surface area (Å²) in [5.74, 6) is 2.08. The number of fused-ring (bicyclic) bond motifs is 1. The monoisotopic (exact) mass is 454 g/mol. The van der Waals surface area contributed by atoms with E-state index in [0.717, 1.165) is 60.4 Å². The van der Waals surface area contributed by atoms with E-state index < -0.39 is 0 Å². The van der Waals surface area contributed by atoms with Crippen molar-refractivity contribution in [3.63, 3.8) is 0 Å². The molecule has 2 aromatic carbocycles. The Kier molecular flexibility index (Phi) is 6.91. The number of hydrogen-bond donors (Lipinski definition) is 0. The number of aromatic nitrogens is 2. The Morgan fingerprint density at radius 3 is 2.44 bits per heavy atom. The number of para-hydroxylation sites is 2. The summed E-state index contributed by atoms with van der Waals surface area (Å²) < 4.78 is 12.9. The molecule has 170 valence electrons. The molecular weight excluding hydrogens is 424 g/mol. The minimum Gasteiger partial charge on any atom is -0.493 e. The van der Waals surface area contributed by atoms with Crippen LogP contribution in [0.3, 0.4) is 0 Å². The third-order valence-electron chi connectivity index (χ3n) is 6.03. The quantitative estimate of drug-likeness (QED) is 0.511. The van der Waals surface area contributed by atoms with Gasteiger partial charge in [-0.25, -0.2) is 4.98 Å². The van der Waals surface area contributed by atoms with E-state index in [4.69, 9.17) is 9.47 Å². The van der Waals surface area contributed by atoms with Gasteiger partial charge in [0.2, 0.25) is 5.91 Å². The zero-order valence-electron chi connectivity index (χ0n) is 19.1. The Morgan fingerprint density at radius 1 is 1.06 bits per heavy atom. The van der Waals surface area contributed by atoms with Crippen LogP contribution in [0.4, 0.5) is 0 Å². The maximum absolute atomic E-state index is 12.8. The number of imidazole rings is 1. The van der Waals surface area contributed by atoms with Crippen LogP contribution in [0.15, 0.2) is 41.6 Å². The number of nitrogens with zero attached hydrogens (tertiary/aromatic N) is 4. The summed E-state index contributed by atoms with van der Waals surface area (Å²) in [4.78, 5) is 21.8. The molecule has 3 aromatic rings. The predicted molar refractivity (Wildman–Crippen MR) is 128 cm³/mol. The molecule has 7 nitrogen and oxygen atoms in total. The van der Waals surface area contributed by atoms with Crippen LogP contribution in [0.1, 0.15) is 11.1 Å². The van der Waals surface area contributed by atoms with Crippen LogP contribution in [0.2, 0.25) is 0 Å². The molecular formula is C24H30N4O3S. The Bertz CT molecular complexity index is 1110. The number of carbonyl (C=O) groups is 1. The molecule has 1 aliphatic heterocycles. The smallest absolute Gasteiger partial charge is 0.233 e. The number of carbonyl (C=O) groups excluding carboxylic acids is 1. The average molecular weight is 455 g/mol. The second-order valence-corrected chi connectivity index (χ2v) is 8.96. The van der Waals surface area contributed by atoms with Gasteiger partial charge in [-0.3, -0.25) is 9.69 Å². The fraction of sp³-hybridized carbons (Fsp3) is 0.417. The maximum Gasteiger partial charge on any atom is 0.233 e. The second-order valence-electron chi connectivity index (χ2n) is 8.02. The first-order valence-corrected chi connectivity index (χ1v) is 11.7. The number of piperazine rings is 1. The lowest BCUT2D eigenvalue weighted by Gasteiger charge is -2.35. The molecule has 0 bridgehead atoms. The predicted octanol–water partition coefficient (Wildman–Crippen LogP) is 3.34. The third kappa shape index (κ3) is 4.71. The van der Waals surface area contributed by atoms with Gasteiger partial charge < -0.3 is 18.9 Å². The van der Waals surface area contributed by atoms with Crippen molar-refractivity contribution in [1.82, 2.24) is 19.4 Å². The van der Waals surface area contributed by atoms with Gasteiger partial charge in [0.25, 0.3) is 0 Å². The van der Waals surface area contributed by atoms with E-state index in [0.29, 0.717) is 5.75 Å². The molecule has 1 amide bonds. The van der Waals surface area contributed by atoms with Gasteiger partial charge in [0.05, 0.1) is 31.0 Å². The lowest BCUT2D eigenvalue weighted by atomic mass is 10.1. The molecule has 1 aromatic heterocycles. The summed E-state index contributed by atoms with van der Waals surface area (Å²) >= 11 is 1.51. The first-order chi connectivity index (χ1) is 15.5. The molecule has 2 heterocycles. The van der Waals surface area contributed by atoms with Crippen LogP contribution in [0.25, 0.3) is 11.0 Å². The van der Waals surface area contributed by atoms with Gasteiger partial charge in [-0.05, 0) is 42.3 Å². The SMILES string of the molecule is COc1cc(C)c(CN2CCN(C(=O)CSc3nc4ccccc4n3C)CC2)cc1OC. The van der Waals surface area contributed by atoms with Gasteiger partial charge in [0, 0.05) is 39.8 Å². The fourth-order valence-corrected chi connectivity index (χ4v) is 4.95. The molecule has 1 saturated heterocycles. The molecule has 0 N–H and O–H groups in total. The normalized spacial score (nSPS) is 14.7. The van der Waals surface area contributed by atoms with E-state index in [1.807, 2.05) is 42.3 Å². The molecule has 0 spiro atoms. The molecule has 1 fully saturated rings. The van der Waals surface area contributed by atoms with E-state index in [1.54, 1.807) is 14.2 Å². The summed E-state index contributed by atoms with van der Waals surface area (Å²) in [7, 11) is 5.31. The van der Waals surface area contributed by atoms with E-state index >= 15 is 0 Å². The molecule has 0 saturated carbocycles. The number of hydrogen-bond acceptors (Lipinski definition) is 6. The zero-order valence-corrected chi connectivity index (χ0v) is 19.9. The highest BCUT2D eigenvalue weighted by atomic mass is 32.2. The van der Waals surface area contributed by atoms with Crippen LogP contribution in [-0.2, 0) is 18.4 Å². The van der Waals surface area contributed by atoms with Crippen LogP contribution >= 0.6 is 11.8 Å². The lowest BCUT2D eigenvalue weighted by Crippen LogP contribution is -2.48. The Labute approximate surface area is 193 Å². The van der Waals surface area contributed by atoms with Gasteiger partial charge in [-0.15, -0.1) is 0 Å².